The molecule has 0 saturated carbocycles. The molecule has 0 N–H and O–H groups in total. The second-order valence-electron chi connectivity index (χ2n) is 13.8. The van der Waals surface area contributed by atoms with Crippen molar-refractivity contribution in [3.8, 4) is 22.5 Å². The quantitative estimate of drug-likeness (QED) is 0.123. The van der Waals surface area contributed by atoms with Crippen LogP contribution in [0.15, 0.2) is 109 Å². The molecule has 2 nitrogen and oxygen atoms in total. The molecule has 4 aromatic carbocycles. The van der Waals surface area contributed by atoms with E-state index in [9.17, 15) is 8.78 Å². The van der Waals surface area contributed by atoms with E-state index < -0.39 is 39.3 Å². The molecule has 7 aromatic rings. The van der Waals surface area contributed by atoms with Crippen molar-refractivity contribution in [3.05, 3.63) is 144 Å². The van der Waals surface area contributed by atoms with E-state index in [1.807, 2.05) is 36.5 Å². The molecule has 0 spiro atoms. The molecule has 0 fully saturated rings. The molecule has 49 heavy (non-hydrogen) atoms. The average molecular weight is 924 g/mol. The van der Waals surface area contributed by atoms with E-state index in [0.29, 0.717) is 11.3 Å². The van der Waals surface area contributed by atoms with Gasteiger partial charge in [-0.25, -0.2) is 8.78 Å². The normalized spacial score (nSPS) is 12.5. The van der Waals surface area contributed by atoms with Crippen LogP contribution in [0.1, 0.15) is 13.9 Å². The molecule has 3 heterocycles. The summed E-state index contributed by atoms with van der Waals surface area (Å²) in [6.07, 6.45) is 1.57. The molecule has 0 aliphatic heterocycles. The maximum atomic E-state index is 13.8. The SMILES string of the molecule is [2H]C([2H])(c1ccnc(-c2[c-]ccc3c2sc2c([Si](C)(C)C)cccc23)c1)c1ccc(F)c(F)c1.[CH3][Ge]([CH3])([CH3])[c]1ccc(-c2[c-]cccc2)nc1.[Ir]. The van der Waals surface area contributed by atoms with Crippen LogP contribution in [0.4, 0.5) is 8.78 Å². The molecule has 0 bridgehead atoms. The molecule has 3 aromatic heterocycles. The minimum Gasteiger partial charge on any atom is 0 e. The summed E-state index contributed by atoms with van der Waals surface area (Å²) in [5.74, 6) is 5.07. The molecule has 8 heteroatoms. The summed E-state index contributed by atoms with van der Waals surface area (Å²) >= 11 is 0.0125. The molecule has 0 unspecified atom stereocenters. The molecule has 0 aliphatic rings. The van der Waals surface area contributed by atoms with E-state index in [1.54, 1.807) is 29.7 Å². The Labute approximate surface area is 312 Å². The number of hydrogen-bond acceptors (Lipinski definition) is 3. The molecular formula is C41H38F2GeIrN2SSi-2. The predicted molar refractivity (Wildman–Crippen MR) is 205 cm³/mol. The Kier molecular flexibility index (Phi) is 10.6. The first-order valence-electron chi connectivity index (χ1n) is 16.9. The van der Waals surface area contributed by atoms with E-state index in [0.717, 1.165) is 39.0 Å². The third-order valence-electron chi connectivity index (χ3n) is 8.11. The van der Waals surface area contributed by atoms with Gasteiger partial charge in [0.05, 0.1) is 8.07 Å². The Morgan fingerprint density at radius 2 is 1.53 bits per heavy atom. The van der Waals surface area contributed by atoms with Crippen molar-refractivity contribution in [1.29, 1.82) is 0 Å². The van der Waals surface area contributed by atoms with Crippen LogP contribution in [0.25, 0.3) is 42.7 Å². The van der Waals surface area contributed by atoms with Crippen LogP contribution >= 0.6 is 11.3 Å². The summed E-state index contributed by atoms with van der Waals surface area (Å²) in [6, 6.07) is 35.6. The fraction of sp³-hybridized carbons (Fsp3) is 0.171. The molecular weight excluding hydrogens is 883 g/mol. The van der Waals surface area contributed by atoms with Gasteiger partial charge < -0.3 is 4.98 Å². The number of aromatic nitrogens is 2. The monoisotopic (exact) mass is 925 g/mol. The number of pyridine rings is 2. The van der Waals surface area contributed by atoms with Crippen molar-refractivity contribution >= 4 is 62.4 Å². The Morgan fingerprint density at radius 1 is 0.755 bits per heavy atom. The maximum Gasteiger partial charge on any atom is 0 e. The third kappa shape index (κ3) is 8.53. The number of hydrogen-bond donors (Lipinski definition) is 0. The van der Waals surface area contributed by atoms with Gasteiger partial charge in [0.1, 0.15) is 0 Å². The molecule has 1 radical (unpaired) electrons. The standard InChI is InChI=1S/C27H22F2NSSi.C14H16GeN.Ir/c1-32(2,3)25-9-5-7-20-19-6-4-8-21(26(19)31-27(20)25)24-16-18(12-13-30-24)14-17-10-11-22(28)23(29)15-17;1-15(2,3)13-9-10-14(16-11-13)12-7-5-4-6-8-12;/h4-7,9-13,15-16H,14H2,1-3H3;4-7,9-11H,1-3H3;/q2*-1;/i14D2;;. The summed E-state index contributed by atoms with van der Waals surface area (Å²) in [5, 5.41) is 3.75. The molecule has 0 aliphatic carbocycles. The Balaban J connectivity index is 0.000000249. The molecule has 251 valence electrons. The Bertz CT molecular complexity index is 2300. The zero-order valence-electron chi connectivity index (χ0n) is 30.3. The van der Waals surface area contributed by atoms with Crippen molar-refractivity contribution in [2.24, 2.45) is 0 Å². The van der Waals surface area contributed by atoms with Gasteiger partial charge in [-0.05, 0) is 56.7 Å². The van der Waals surface area contributed by atoms with Crippen molar-refractivity contribution < 1.29 is 31.6 Å². The van der Waals surface area contributed by atoms with Crippen molar-refractivity contribution in [3.63, 3.8) is 0 Å². The van der Waals surface area contributed by atoms with Gasteiger partial charge in [-0.2, -0.15) is 11.3 Å². The van der Waals surface area contributed by atoms with Crippen molar-refractivity contribution in [2.75, 3.05) is 0 Å². The molecule has 7 rings (SSSR count). The van der Waals surface area contributed by atoms with Gasteiger partial charge in [0.15, 0.2) is 11.6 Å². The van der Waals surface area contributed by atoms with Gasteiger partial charge in [0, 0.05) is 33.7 Å². The minimum absolute atomic E-state index is 0. The van der Waals surface area contributed by atoms with Gasteiger partial charge in [-0.15, -0.1) is 23.8 Å². The van der Waals surface area contributed by atoms with Crippen molar-refractivity contribution in [1.82, 2.24) is 9.97 Å². The number of benzene rings is 4. The van der Waals surface area contributed by atoms with E-state index >= 15 is 0 Å². The maximum absolute atomic E-state index is 13.8. The number of halogens is 2. The molecule has 0 saturated heterocycles. The van der Waals surface area contributed by atoms with Crippen LogP contribution in [0.3, 0.4) is 0 Å². The second kappa shape index (κ2) is 15.3. The number of rotatable bonds is 6. The van der Waals surface area contributed by atoms with Gasteiger partial charge in [-0.3, -0.25) is 0 Å². The topological polar surface area (TPSA) is 25.8 Å². The fourth-order valence-electron chi connectivity index (χ4n) is 5.48. The van der Waals surface area contributed by atoms with E-state index in [4.69, 9.17) is 2.74 Å². The third-order valence-corrected chi connectivity index (χ3v) is 15.8. The minimum atomic E-state index is -2.02. The average Bonchev–Trinajstić information content (AvgIpc) is 3.48. The molecule has 0 amide bonds. The van der Waals surface area contributed by atoms with Gasteiger partial charge >= 0.3 is 99.8 Å². The van der Waals surface area contributed by atoms with Crippen LogP contribution in [-0.2, 0) is 26.5 Å². The van der Waals surface area contributed by atoms with Gasteiger partial charge in [0.25, 0.3) is 0 Å². The second-order valence-corrected chi connectivity index (χ2v) is 30.5. The number of nitrogens with zero attached hydrogens (tertiary/aromatic N) is 2. The van der Waals surface area contributed by atoms with Crippen LogP contribution in [-0.4, -0.2) is 31.3 Å². The smallest absolute Gasteiger partial charge is 0 e. The zero-order valence-corrected chi connectivity index (χ0v) is 34.6. The summed E-state index contributed by atoms with van der Waals surface area (Å²) in [7, 11) is -1.56. The first-order valence-corrected chi connectivity index (χ1v) is 27.5. The summed E-state index contributed by atoms with van der Waals surface area (Å²) in [6.45, 7) is 7.01. The van der Waals surface area contributed by atoms with E-state index in [2.05, 4.69) is 95.4 Å². The number of fused-ring (bicyclic) bond motifs is 3. The van der Waals surface area contributed by atoms with Crippen LogP contribution in [0.2, 0.25) is 36.9 Å². The largest absolute Gasteiger partial charge is 0 e. The van der Waals surface area contributed by atoms with Gasteiger partial charge in [-0.1, -0.05) is 55.4 Å². The Hall–Kier alpha value is -3.33. The van der Waals surface area contributed by atoms with E-state index in [1.165, 1.54) is 25.7 Å². The Morgan fingerprint density at radius 3 is 2.20 bits per heavy atom. The van der Waals surface area contributed by atoms with Crippen LogP contribution < -0.4 is 9.58 Å². The van der Waals surface area contributed by atoms with Gasteiger partial charge in [0.2, 0.25) is 0 Å². The zero-order chi connectivity index (χ0) is 35.8. The van der Waals surface area contributed by atoms with Crippen molar-refractivity contribution in [2.45, 2.75) is 43.3 Å². The first kappa shape index (κ1) is 34.1. The van der Waals surface area contributed by atoms with Crippen LogP contribution in [0, 0.1) is 23.8 Å². The summed E-state index contributed by atoms with van der Waals surface area (Å²) in [4.78, 5) is 9.05. The van der Waals surface area contributed by atoms with Crippen LogP contribution in [0.5, 0.6) is 0 Å². The summed E-state index contributed by atoms with van der Waals surface area (Å²) in [5.41, 5.74) is 3.84. The molecule has 0 atom stereocenters. The number of thiophene rings is 1. The summed E-state index contributed by atoms with van der Waals surface area (Å²) < 4.78 is 48.3. The predicted octanol–water partition coefficient (Wildman–Crippen LogP) is 10.4. The van der Waals surface area contributed by atoms with E-state index in [-0.39, 0.29) is 25.7 Å². The fourth-order valence-corrected chi connectivity index (χ4v) is 11.4. The first-order chi connectivity index (χ1) is 23.6.